The lowest BCUT2D eigenvalue weighted by atomic mass is 10.0. The van der Waals surface area contributed by atoms with Crippen molar-refractivity contribution in [1.29, 1.82) is 5.26 Å². The molecule has 0 aliphatic carbocycles. The summed E-state index contributed by atoms with van der Waals surface area (Å²) in [6, 6.07) is 2.21. The Bertz CT molecular complexity index is 433. The molecule has 0 fully saturated rings. The van der Waals surface area contributed by atoms with Crippen LogP contribution in [0.2, 0.25) is 0 Å². The second-order valence-electron chi connectivity index (χ2n) is 9.51. The molecule has 0 aromatic carbocycles. The molecule has 0 radical (unpaired) electrons. The van der Waals surface area contributed by atoms with E-state index < -0.39 is 0 Å². The van der Waals surface area contributed by atoms with E-state index in [0.717, 1.165) is 45.4 Å². The molecule has 0 unspecified atom stereocenters. The lowest BCUT2D eigenvalue weighted by Crippen LogP contribution is -2.32. The highest BCUT2D eigenvalue weighted by molar-refractivity contribution is 5.75. The average Bonchev–Trinajstić information content (AvgIpc) is 2.80. The van der Waals surface area contributed by atoms with E-state index >= 15 is 0 Å². The Morgan fingerprint density at radius 3 is 1.59 bits per heavy atom. The highest BCUT2D eigenvalue weighted by atomic mass is 16.1. The third-order valence-corrected chi connectivity index (χ3v) is 6.38. The zero-order valence-electron chi connectivity index (χ0n) is 21.8. The van der Waals surface area contributed by atoms with E-state index in [9.17, 15) is 4.79 Å². The summed E-state index contributed by atoms with van der Waals surface area (Å²) in [4.78, 5) is 14.3. The summed E-state index contributed by atoms with van der Waals surface area (Å²) >= 11 is 0. The first-order valence-corrected chi connectivity index (χ1v) is 14.1. The fraction of sp³-hybridized carbons (Fsp3) is 0.929. The van der Waals surface area contributed by atoms with Gasteiger partial charge in [0.2, 0.25) is 5.91 Å². The van der Waals surface area contributed by atoms with Gasteiger partial charge in [0.05, 0.1) is 6.07 Å². The Kier molecular flexibility index (Phi) is 25.3. The molecule has 4 nitrogen and oxygen atoms in total. The molecule has 0 spiro atoms. The van der Waals surface area contributed by atoms with Crippen molar-refractivity contribution >= 4 is 5.91 Å². The van der Waals surface area contributed by atoms with Gasteiger partial charge in [0.15, 0.2) is 0 Å². The van der Waals surface area contributed by atoms with Crippen LogP contribution in [0.4, 0.5) is 0 Å². The van der Waals surface area contributed by atoms with Gasteiger partial charge < -0.3 is 10.2 Å². The van der Waals surface area contributed by atoms with Gasteiger partial charge in [-0.15, -0.1) is 0 Å². The smallest absolute Gasteiger partial charge is 0.221 e. The monoisotopic (exact) mass is 449 g/mol. The second kappa shape index (κ2) is 26.2. The van der Waals surface area contributed by atoms with Gasteiger partial charge in [0, 0.05) is 32.5 Å². The van der Waals surface area contributed by atoms with Crippen LogP contribution in [0.3, 0.4) is 0 Å². The molecule has 1 N–H and O–H groups in total. The first kappa shape index (κ1) is 30.9. The van der Waals surface area contributed by atoms with E-state index in [1.165, 1.54) is 96.3 Å². The number of hydrogen-bond acceptors (Lipinski definition) is 3. The largest absolute Gasteiger partial charge is 0.356 e. The molecule has 0 saturated heterocycles. The van der Waals surface area contributed by atoms with Crippen LogP contribution in [0.5, 0.6) is 0 Å². The lowest BCUT2D eigenvalue weighted by Gasteiger charge is -2.20. The Morgan fingerprint density at radius 1 is 0.656 bits per heavy atom. The third kappa shape index (κ3) is 23.6. The van der Waals surface area contributed by atoms with Crippen LogP contribution in [0.1, 0.15) is 142 Å². The fourth-order valence-corrected chi connectivity index (χ4v) is 4.17. The van der Waals surface area contributed by atoms with E-state index in [1.807, 2.05) is 0 Å². The highest BCUT2D eigenvalue weighted by Crippen LogP contribution is 2.13. The second-order valence-corrected chi connectivity index (χ2v) is 9.51. The van der Waals surface area contributed by atoms with Crippen molar-refractivity contribution in [2.75, 3.05) is 26.2 Å². The number of carbonyl (C=O) groups is 1. The first-order valence-electron chi connectivity index (χ1n) is 14.1. The van der Waals surface area contributed by atoms with Crippen molar-refractivity contribution in [2.45, 2.75) is 142 Å². The van der Waals surface area contributed by atoms with Crippen LogP contribution in [-0.2, 0) is 4.79 Å². The molecule has 0 bridgehead atoms. The van der Waals surface area contributed by atoms with Crippen molar-refractivity contribution in [2.24, 2.45) is 0 Å². The molecule has 0 atom stereocenters. The van der Waals surface area contributed by atoms with E-state index in [4.69, 9.17) is 5.26 Å². The molecule has 0 rings (SSSR count). The Hall–Kier alpha value is -1.08. The van der Waals surface area contributed by atoms with Crippen molar-refractivity contribution in [3.8, 4) is 6.07 Å². The normalized spacial score (nSPS) is 11.1. The van der Waals surface area contributed by atoms with Gasteiger partial charge in [-0.1, -0.05) is 117 Å². The van der Waals surface area contributed by atoms with Crippen molar-refractivity contribution in [3.63, 3.8) is 0 Å². The molecule has 1 amide bonds. The van der Waals surface area contributed by atoms with Crippen LogP contribution < -0.4 is 5.32 Å². The molecule has 0 aromatic rings. The predicted molar refractivity (Wildman–Crippen MR) is 139 cm³/mol. The summed E-state index contributed by atoms with van der Waals surface area (Å²) in [7, 11) is 0. The number of hydrogen-bond donors (Lipinski definition) is 1. The van der Waals surface area contributed by atoms with E-state index in [-0.39, 0.29) is 5.91 Å². The maximum atomic E-state index is 12.1. The van der Waals surface area contributed by atoms with Crippen molar-refractivity contribution < 1.29 is 4.79 Å². The Balaban J connectivity index is 3.36. The molecule has 32 heavy (non-hydrogen) atoms. The molecule has 188 valence electrons. The topological polar surface area (TPSA) is 56.1 Å². The maximum absolute atomic E-state index is 12.1. The quantitative estimate of drug-likeness (QED) is 0.145. The summed E-state index contributed by atoms with van der Waals surface area (Å²) < 4.78 is 0. The van der Waals surface area contributed by atoms with E-state index in [0.29, 0.717) is 12.8 Å². The van der Waals surface area contributed by atoms with Gasteiger partial charge in [-0.3, -0.25) is 4.79 Å². The van der Waals surface area contributed by atoms with Gasteiger partial charge in [-0.2, -0.15) is 5.26 Å². The molecular formula is C28H55N3O. The molecule has 0 heterocycles. The number of nitrogens with one attached hydrogen (secondary N) is 1. The molecule has 0 aromatic heterocycles. The summed E-state index contributed by atoms with van der Waals surface area (Å²) in [5.41, 5.74) is 0. The van der Waals surface area contributed by atoms with Gasteiger partial charge >= 0.3 is 0 Å². The van der Waals surface area contributed by atoms with E-state index in [2.05, 4.69) is 30.1 Å². The van der Waals surface area contributed by atoms with Crippen LogP contribution in [0.25, 0.3) is 0 Å². The number of carbonyl (C=O) groups excluding carboxylic acids is 1. The predicted octanol–water partition coefficient (Wildman–Crippen LogP) is 7.77. The number of nitrogens with zero attached hydrogens (tertiary/aromatic N) is 2. The Labute approximate surface area is 200 Å². The third-order valence-electron chi connectivity index (χ3n) is 6.38. The van der Waals surface area contributed by atoms with Gasteiger partial charge in [0.1, 0.15) is 0 Å². The standard InChI is InChI=1S/C28H55N3O/c1-3-5-7-8-9-10-11-12-13-14-15-16-17-18-19-20-24-30-28(32)22-27-31(25-6-4-2)26-21-23-29/h3-22,24-27H2,1-2H3,(H,30,32). The minimum Gasteiger partial charge on any atom is -0.356 e. The number of unbranched alkanes of at least 4 members (excludes halogenated alkanes) is 16. The van der Waals surface area contributed by atoms with Crippen LogP contribution in [-0.4, -0.2) is 37.0 Å². The molecular weight excluding hydrogens is 394 g/mol. The molecule has 0 saturated carbocycles. The van der Waals surface area contributed by atoms with Crippen LogP contribution in [0, 0.1) is 11.3 Å². The number of nitriles is 1. The fourth-order valence-electron chi connectivity index (χ4n) is 4.17. The summed E-state index contributed by atoms with van der Waals surface area (Å²) in [6.45, 7) is 7.81. The van der Waals surface area contributed by atoms with Gasteiger partial charge in [-0.05, 0) is 19.4 Å². The van der Waals surface area contributed by atoms with Crippen molar-refractivity contribution in [1.82, 2.24) is 10.2 Å². The summed E-state index contributed by atoms with van der Waals surface area (Å²) in [5.74, 6) is 0.157. The molecule has 4 heteroatoms. The Morgan fingerprint density at radius 2 is 1.12 bits per heavy atom. The summed E-state index contributed by atoms with van der Waals surface area (Å²) in [5, 5.41) is 11.8. The molecule has 0 aliphatic heterocycles. The summed E-state index contributed by atoms with van der Waals surface area (Å²) in [6.07, 6.45) is 25.3. The number of amides is 1. The average molecular weight is 450 g/mol. The molecule has 0 aliphatic rings. The van der Waals surface area contributed by atoms with Gasteiger partial charge in [-0.25, -0.2) is 0 Å². The van der Waals surface area contributed by atoms with E-state index in [1.54, 1.807) is 0 Å². The van der Waals surface area contributed by atoms with Crippen molar-refractivity contribution in [3.05, 3.63) is 0 Å². The lowest BCUT2D eigenvalue weighted by molar-refractivity contribution is -0.121. The minimum atomic E-state index is 0.157. The van der Waals surface area contributed by atoms with Crippen LogP contribution >= 0.6 is 0 Å². The van der Waals surface area contributed by atoms with Gasteiger partial charge in [0.25, 0.3) is 0 Å². The van der Waals surface area contributed by atoms with Crippen LogP contribution in [0.15, 0.2) is 0 Å². The number of rotatable bonds is 25. The first-order chi connectivity index (χ1) is 15.7. The zero-order chi connectivity index (χ0) is 23.5. The minimum absolute atomic E-state index is 0.157. The zero-order valence-corrected chi connectivity index (χ0v) is 21.8. The maximum Gasteiger partial charge on any atom is 0.221 e. The highest BCUT2D eigenvalue weighted by Gasteiger charge is 2.07. The SMILES string of the molecule is CCCCCCCCCCCCCCCCCCNC(=O)CCN(CCC#N)CCCC.